The number of carbonyl (C=O) groups excluding carboxylic acids is 1. The zero-order chi connectivity index (χ0) is 13.6. The highest BCUT2D eigenvalue weighted by Gasteiger charge is 2.26. The van der Waals surface area contributed by atoms with Crippen LogP contribution in [-0.2, 0) is 4.74 Å². The predicted octanol–water partition coefficient (Wildman–Crippen LogP) is 2.70. The Hall–Kier alpha value is -0.770. The van der Waals surface area contributed by atoms with Crippen molar-refractivity contribution >= 4 is 6.09 Å². The van der Waals surface area contributed by atoms with Gasteiger partial charge in [0.15, 0.2) is 0 Å². The molecule has 102 valence electrons. The second kappa shape index (κ2) is 6.84. The van der Waals surface area contributed by atoms with Crippen molar-refractivity contribution in [2.24, 2.45) is 5.92 Å². The quantitative estimate of drug-likeness (QED) is 0.783. The van der Waals surface area contributed by atoms with Crippen LogP contribution in [0.3, 0.4) is 0 Å². The Morgan fingerprint density at radius 2 is 1.88 bits per heavy atom. The molecule has 0 spiro atoms. The number of ether oxygens (including phenoxy) is 1. The fourth-order valence-corrected chi connectivity index (χ4v) is 1.63. The summed E-state index contributed by atoms with van der Waals surface area (Å²) in [4.78, 5) is 11.6. The summed E-state index contributed by atoms with van der Waals surface area (Å²) >= 11 is 0. The molecule has 2 atom stereocenters. The van der Waals surface area contributed by atoms with Crippen LogP contribution in [0.25, 0.3) is 0 Å². The molecule has 0 radical (unpaired) electrons. The Bertz CT molecular complexity index is 233. The van der Waals surface area contributed by atoms with Crippen LogP contribution in [-0.4, -0.2) is 28.9 Å². The topological polar surface area (TPSA) is 58.6 Å². The molecule has 0 saturated heterocycles. The Labute approximate surface area is 105 Å². The molecule has 0 aliphatic carbocycles. The summed E-state index contributed by atoms with van der Waals surface area (Å²) in [6.07, 6.45) is 0.581. The van der Waals surface area contributed by atoms with Crippen LogP contribution in [0.1, 0.15) is 54.4 Å². The fourth-order valence-electron chi connectivity index (χ4n) is 1.63. The minimum absolute atomic E-state index is 0.170. The van der Waals surface area contributed by atoms with Crippen molar-refractivity contribution in [2.75, 3.05) is 0 Å². The van der Waals surface area contributed by atoms with E-state index in [2.05, 4.69) is 5.32 Å². The molecule has 0 aromatic rings. The van der Waals surface area contributed by atoms with Gasteiger partial charge in [-0.25, -0.2) is 4.79 Å². The molecular weight excluding hydrogens is 218 g/mol. The first kappa shape index (κ1) is 16.2. The van der Waals surface area contributed by atoms with E-state index in [1.54, 1.807) is 0 Å². The average Bonchev–Trinajstić information content (AvgIpc) is 2.11. The molecule has 17 heavy (non-hydrogen) atoms. The highest BCUT2D eigenvalue weighted by atomic mass is 16.6. The van der Waals surface area contributed by atoms with Crippen LogP contribution in [0, 0.1) is 5.92 Å². The summed E-state index contributed by atoms with van der Waals surface area (Å²) in [6, 6.07) is -0.259. The van der Waals surface area contributed by atoms with Crippen molar-refractivity contribution < 1.29 is 14.6 Å². The Kier molecular flexibility index (Phi) is 6.53. The first-order chi connectivity index (χ1) is 7.67. The number of aliphatic hydroxyl groups excluding tert-OH is 1. The molecule has 0 fully saturated rings. The number of hydrogen-bond acceptors (Lipinski definition) is 3. The summed E-state index contributed by atoms with van der Waals surface area (Å²) in [6.45, 7) is 11.4. The molecular formula is C13H27NO3. The first-order valence-electron chi connectivity index (χ1n) is 6.35. The third-order valence-electron chi connectivity index (χ3n) is 2.40. The largest absolute Gasteiger partial charge is 0.444 e. The average molecular weight is 245 g/mol. The second-order valence-corrected chi connectivity index (χ2v) is 5.77. The van der Waals surface area contributed by atoms with Crippen LogP contribution in [0.15, 0.2) is 0 Å². The minimum atomic E-state index is -0.521. The fraction of sp³-hybridized carbons (Fsp3) is 0.923. The lowest BCUT2D eigenvalue weighted by Gasteiger charge is -2.29. The van der Waals surface area contributed by atoms with Gasteiger partial charge in [0.25, 0.3) is 0 Å². The number of carbonyl (C=O) groups is 1. The standard InChI is InChI=1S/C13H27NO3/c1-7-8-10(15)11(9(2)3)14-12(16)17-13(4,5)6/h9-11,15H,7-8H2,1-6H3,(H,14,16). The van der Waals surface area contributed by atoms with E-state index < -0.39 is 17.8 Å². The van der Waals surface area contributed by atoms with Crippen LogP contribution >= 0.6 is 0 Å². The summed E-state index contributed by atoms with van der Waals surface area (Å²) in [5, 5.41) is 12.7. The molecule has 1 amide bonds. The molecule has 4 nitrogen and oxygen atoms in total. The van der Waals surface area contributed by atoms with Gasteiger partial charge >= 0.3 is 6.09 Å². The van der Waals surface area contributed by atoms with Crippen molar-refractivity contribution in [1.82, 2.24) is 5.32 Å². The highest BCUT2D eigenvalue weighted by molar-refractivity contribution is 5.68. The van der Waals surface area contributed by atoms with Crippen LogP contribution in [0.2, 0.25) is 0 Å². The van der Waals surface area contributed by atoms with E-state index in [-0.39, 0.29) is 12.0 Å². The summed E-state index contributed by atoms with van der Waals surface area (Å²) < 4.78 is 5.19. The normalized spacial score (nSPS) is 15.5. The maximum Gasteiger partial charge on any atom is 0.407 e. The molecule has 0 aromatic carbocycles. The summed E-state index contributed by atoms with van der Waals surface area (Å²) in [7, 11) is 0. The zero-order valence-corrected chi connectivity index (χ0v) is 11.9. The molecule has 0 aliphatic heterocycles. The lowest BCUT2D eigenvalue weighted by molar-refractivity contribution is 0.0362. The van der Waals surface area contributed by atoms with E-state index >= 15 is 0 Å². The smallest absolute Gasteiger partial charge is 0.407 e. The van der Waals surface area contributed by atoms with Gasteiger partial charge in [0, 0.05) is 0 Å². The van der Waals surface area contributed by atoms with E-state index in [1.807, 2.05) is 41.5 Å². The molecule has 0 saturated carbocycles. The third kappa shape index (κ3) is 7.21. The third-order valence-corrected chi connectivity index (χ3v) is 2.40. The minimum Gasteiger partial charge on any atom is -0.444 e. The lowest BCUT2D eigenvalue weighted by Crippen LogP contribution is -2.48. The van der Waals surface area contributed by atoms with Gasteiger partial charge < -0.3 is 15.2 Å². The number of alkyl carbamates (subject to hydrolysis) is 1. The van der Waals surface area contributed by atoms with Crippen molar-refractivity contribution in [3.63, 3.8) is 0 Å². The monoisotopic (exact) mass is 245 g/mol. The molecule has 4 heteroatoms. The van der Waals surface area contributed by atoms with E-state index in [0.29, 0.717) is 6.42 Å². The van der Waals surface area contributed by atoms with E-state index in [4.69, 9.17) is 4.74 Å². The van der Waals surface area contributed by atoms with Gasteiger partial charge in [-0.2, -0.15) is 0 Å². The molecule has 2 unspecified atom stereocenters. The Morgan fingerprint density at radius 1 is 1.35 bits per heavy atom. The predicted molar refractivity (Wildman–Crippen MR) is 68.9 cm³/mol. The van der Waals surface area contributed by atoms with Crippen molar-refractivity contribution in [3.8, 4) is 0 Å². The zero-order valence-electron chi connectivity index (χ0n) is 11.9. The van der Waals surface area contributed by atoms with E-state index in [0.717, 1.165) is 6.42 Å². The Morgan fingerprint density at radius 3 is 2.24 bits per heavy atom. The van der Waals surface area contributed by atoms with Crippen LogP contribution in [0.4, 0.5) is 4.79 Å². The van der Waals surface area contributed by atoms with E-state index in [9.17, 15) is 9.90 Å². The molecule has 2 N–H and O–H groups in total. The van der Waals surface area contributed by atoms with Gasteiger partial charge in [0.2, 0.25) is 0 Å². The molecule has 0 heterocycles. The number of hydrogen-bond donors (Lipinski definition) is 2. The van der Waals surface area contributed by atoms with Crippen LogP contribution in [0.5, 0.6) is 0 Å². The van der Waals surface area contributed by atoms with Gasteiger partial charge in [-0.1, -0.05) is 27.2 Å². The first-order valence-corrected chi connectivity index (χ1v) is 6.35. The number of rotatable bonds is 5. The van der Waals surface area contributed by atoms with Gasteiger partial charge in [0.1, 0.15) is 5.60 Å². The molecule has 0 rings (SSSR count). The van der Waals surface area contributed by atoms with Crippen molar-refractivity contribution in [3.05, 3.63) is 0 Å². The van der Waals surface area contributed by atoms with Gasteiger partial charge in [-0.3, -0.25) is 0 Å². The lowest BCUT2D eigenvalue weighted by atomic mass is 9.96. The Balaban J connectivity index is 4.40. The second-order valence-electron chi connectivity index (χ2n) is 5.77. The number of aliphatic hydroxyl groups is 1. The van der Waals surface area contributed by atoms with Gasteiger partial charge in [-0.15, -0.1) is 0 Å². The molecule has 0 aliphatic rings. The number of amides is 1. The van der Waals surface area contributed by atoms with Gasteiger partial charge in [0.05, 0.1) is 12.1 Å². The highest BCUT2D eigenvalue weighted by Crippen LogP contribution is 2.13. The van der Waals surface area contributed by atoms with Crippen molar-refractivity contribution in [1.29, 1.82) is 0 Å². The summed E-state index contributed by atoms with van der Waals surface area (Å²) in [5.41, 5.74) is -0.513. The molecule has 0 bridgehead atoms. The van der Waals surface area contributed by atoms with Gasteiger partial charge in [-0.05, 0) is 33.1 Å². The van der Waals surface area contributed by atoms with Crippen LogP contribution < -0.4 is 5.32 Å². The van der Waals surface area contributed by atoms with E-state index in [1.165, 1.54) is 0 Å². The number of nitrogens with one attached hydrogen (secondary N) is 1. The molecule has 0 aromatic heterocycles. The summed E-state index contributed by atoms with van der Waals surface area (Å²) in [5.74, 6) is 0.170. The van der Waals surface area contributed by atoms with Crippen molar-refractivity contribution in [2.45, 2.75) is 72.1 Å². The maximum atomic E-state index is 11.6. The maximum absolute atomic E-state index is 11.6. The SMILES string of the molecule is CCCC(O)C(NC(=O)OC(C)(C)C)C(C)C.